The highest BCUT2D eigenvalue weighted by Gasteiger charge is 2.46. The molecule has 2 N–H and O–H groups in total. The maximum atomic E-state index is 10.8. The zero-order valence-corrected chi connectivity index (χ0v) is 22.1. The van der Waals surface area contributed by atoms with Gasteiger partial charge >= 0.3 is 0 Å². The molecule has 0 amide bonds. The number of aliphatic carboxylic acids is 1. The molecule has 1 saturated carbocycles. The van der Waals surface area contributed by atoms with Crippen LogP contribution in [0.4, 0.5) is 0 Å². The second-order valence-electron chi connectivity index (χ2n) is 12.4. The van der Waals surface area contributed by atoms with Crippen molar-refractivity contribution >= 4 is 5.97 Å². The van der Waals surface area contributed by atoms with Crippen LogP contribution in [-0.4, -0.2) is 39.6 Å². The van der Waals surface area contributed by atoms with Gasteiger partial charge in [0.2, 0.25) is 0 Å². The number of aliphatic hydroxyl groups is 2. The van der Waals surface area contributed by atoms with Gasteiger partial charge in [0, 0.05) is 5.97 Å². The fraction of sp³-hybridized carbons (Fsp3) is 0.964. The molecule has 5 nitrogen and oxygen atoms in total. The maximum absolute atomic E-state index is 10.8. The van der Waals surface area contributed by atoms with E-state index in [-0.39, 0.29) is 17.8 Å². The van der Waals surface area contributed by atoms with Crippen LogP contribution in [0.1, 0.15) is 119 Å². The summed E-state index contributed by atoms with van der Waals surface area (Å²) in [6.45, 7) is 12.5. The Hall–Kier alpha value is -0.650. The summed E-state index contributed by atoms with van der Waals surface area (Å²) in [4.78, 5) is 10.8. The Morgan fingerprint density at radius 2 is 1.73 bits per heavy atom. The number of hydrogen-bond donors (Lipinski definition) is 2. The summed E-state index contributed by atoms with van der Waals surface area (Å²) in [5.74, 6) is 0.408. The topological polar surface area (TPSA) is 89.8 Å². The summed E-state index contributed by atoms with van der Waals surface area (Å²) >= 11 is 0. The van der Waals surface area contributed by atoms with E-state index < -0.39 is 17.5 Å². The number of carbonyl (C=O) groups is 1. The minimum absolute atomic E-state index is 0.0383. The summed E-state index contributed by atoms with van der Waals surface area (Å²) in [6.07, 6.45) is 11.5. The lowest BCUT2D eigenvalue weighted by Crippen LogP contribution is -2.52. The molecule has 0 aromatic heterocycles. The van der Waals surface area contributed by atoms with Gasteiger partial charge in [0.15, 0.2) is 0 Å². The van der Waals surface area contributed by atoms with E-state index in [9.17, 15) is 20.1 Å². The SMILES string of the molecule is CC(CCCC(C)(O)CCCC(C)C(=O)[O-])CCCC1(C)CCC2CC(O)C(C)C(C)C2O1. The molecule has 1 heterocycles. The molecule has 0 aromatic carbocycles. The summed E-state index contributed by atoms with van der Waals surface area (Å²) in [5.41, 5.74) is -0.754. The monoisotopic (exact) mass is 467 g/mol. The predicted octanol–water partition coefficient (Wildman–Crippen LogP) is 4.86. The normalized spacial score (nSPS) is 35.9. The smallest absolute Gasteiger partial charge is 0.0658 e. The number of hydrogen-bond acceptors (Lipinski definition) is 5. The first-order valence-electron chi connectivity index (χ1n) is 13.6. The van der Waals surface area contributed by atoms with E-state index in [0.29, 0.717) is 42.9 Å². The molecule has 1 aliphatic carbocycles. The van der Waals surface area contributed by atoms with Gasteiger partial charge in [-0.05, 0) is 94.8 Å². The van der Waals surface area contributed by atoms with Crippen LogP contribution in [0.25, 0.3) is 0 Å². The number of aliphatic hydroxyl groups excluding tert-OH is 1. The summed E-state index contributed by atoms with van der Waals surface area (Å²) < 4.78 is 6.70. The third-order valence-corrected chi connectivity index (χ3v) is 9.00. The summed E-state index contributed by atoms with van der Waals surface area (Å²) in [5, 5.41) is 31.8. The van der Waals surface area contributed by atoms with Crippen molar-refractivity contribution in [3.63, 3.8) is 0 Å². The minimum atomic E-state index is -1.00. The quantitative estimate of drug-likeness (QED) is 0.404. The van der Waals surface area contributed by atoms with Crippen molar-refractivity contribution in [1.29, 1.82) is 0 Å². The molecule has 0 bridgehead atoms. The Morgan fingerprint density at radius 1 is 1.12 bits per heavy atom. The zero-order chi connectivity index (χ0) is 24.8. The highest BCUT2D eigenvalue weighted by atomic mass is 16.5. The van der Waals surface area contributed by atoms with E-state index in [4.69, 9.17) is 4.74 Å². The lowest BCUT2D eigenvalue weighted by Gasteiger charge is -2.51. The molecule has 194 valence electrons. The Balaban J connectivity index is 1.64. The number of rotatable bonds is 13. The van der Waals surface area contributed by atoms with Crippen LogP contribution in [0.3, 0.4) is 0 Å². The molecule has 1 saturated heterocycles. The summed E-state index contributed by atoms with van der Waals surface area (Å²) in [6, 6.07) is 0. The number of carbonyl (C=O) groups excluding carboxylic acids is 1. The third-order valence-electron chi connectivity index (χ3n) is 9.00. The van der Waals surface area contributed by atoms with Crippen molar-refractivity contribution < 1.29 is 24.9 Å². The summed E-state index contributed by atoms with van der Waals surface area (Å²) in [7, 11) is 0. The largest absolute Gasteiger partial charge is 0.550 e. The molecule has 5 heteroatoms. The second kappa shape index (κ2) is 12.4. The Kier molecular flexibility index (Phi) is 10.7. The lowest BCUT2D eigenvalue weighted by atomic mass is 9.67. The van der Waals surface area contributed by atoms with Crippen LogP contribution >= 0.6 is 0 Å². The van der Waals surface area contributed by atoms with Gasteiger partial charge in [0.05, 0.1) is 23.4 Å². The number of carboxylic acid groups (broad SMARTS) is 1. The minimum Gasteiger partial charge on any atom is -0.550 e. The average molecular weight is 468 g/mol. The Labute approximate surface area is 202 Å². The van der Waals surface area contributed by atoms with Crippen LogP contribution in [-0.2, 0) is 9.53 Å². The number of fused-ring (bicyclic) bond motifs is 1. The van der Waals surface area contributed by atoms with E-state index in [2.05, 4.69) is 27.7 Å². The molecular weight excluding hydrogens is 416 g/mol. The predicted molar refractivity (Wildman–Crippen MR) is 130 cm³/mol. The van der Waals surface area contributed by atoms with Gasteiger partial charge in [-0.1, -0.05) is 53.4 Å². The molecule has 9 atom stereocenters. The Morgan fingerprint density at radius 3 is 2.36 bits per heavy atom. The number of carboxylic acids is 1. The molecule has 0 spiro atoms. The van der Waals surface area contributed by atoms with E-state index >= 15 is 0 Å². The van der Waals surface area contributed by atoms with Gasteiger partial charge in [-0.2, -0.15) is 0 Å². The molecule has 2 rings (SSSR count). The molecular formula is C28H51O5-. The lowest BCUT2D eigenvalue weighted by molar-refractivity contribution is -0.311. The molecule has 33 heavy (non-hydrogen) atoms. The van der Waals surface area contributed by atoms with Crippen molar-refractivity contribution in [2.24, 2.45) is 29.6 Å². The Bertz CT molecular complexity index is 603. The highest BCUT2D eigenvalue weighted by Crippen LogP contribution is 2.46. The standard InChI is InChI=1S/C28H52O5/c1-19(10-7-14-27(5,32)15-9-12-20(2)26(30)31)11-8-16-28(6)17-13-23-18-24(29)21(3)22(4)25(23)33-28/h19-25,29,32H,7-18H2,1-6H3,(H,30,31)/p-1. The van der Waals surface area contributed by atoms with Crippen molar-refractivity contribution in [2.45, 2.75) is 142 Å². The zero-order valence-electron chi connectivity index (χ0n) is 22.1. The average Bonchev–Trinajstić information content (AvgIpc) is 2.72. The number of ether oxygens (including phenoxy) is 1. The van der Waals surface area contributed by atoms with Crippen molar-refractivity contribution in [3.05, 3.63) is 0 Å². The van der Waals surface area contributed by atoms with E-state index in [1.165, 1.54) is 19.3 Å². The van der Waals surface area contributed by atoms with Crippen molar-refractivity contribution in [3.8, 4) is 0 Å². The third kappa shape index (κ3) is 8.81. The van der Waals surface area contributed by atoms with Crippen molar-refractivity contribution in [1.82, 2.24) is 0 Å². The van der Waals surface area contributed by atoms with Crippen LogP contribution in [0, 0.1) is 29.6 Å². The molecule has 1 aliphatic heterocycles. The van der Waals surface area contributed by atoms with Gasteiger partial charge in [0.1, 0.15) is 0 Å². The highest BCUT2D eigenvalue weighted by molar-refractivity contribution is 5.66. The van der Waals surface area contributed by atoms with Crippen LogP contribution in [0.5, 0.6) is 0 Å². The van der Waals surface area contributed by atoms with Crippen molar-refractivity contribution in [2.75, 3.05) is 0 Å². The van der Waals surface area contributed by atoms with Crippen LogP contribution in [0.2, 0.25) is 0 Å². The molecule has 9 unspecified atom stereocenters. The molecule has 0 aromatic rings. The van der Waals surface area contributed by atoms with E-state index in [0.717, 1.165) is 38.5 Å². The van der Waals surface area contributed by atoms with Gasteiger partial charge < -0.3 is 24.9 Å². The fourth-order valence-electron chi connectivity index (χ4n) is 6.12. The molecule has 2 fully saturated rings. The molecule has 2 aliphatic rings. The van der Waals surface area contributed by atoms with Gasteiger partial charge in [-0.3, -0.25) is 0 Å². The van der Waals surface area contributed by atoms with Crippen LogP contribution < -0.4 is 5.11 Å². The van der Waals surface area contributed by atoms with E-state index in [1.54, 1.807) is 6.92 Å². The first-order valence-corrected chi connectivity index (χ1v) is 13.6. The van der Waals surface area contributed by atoms with Gasteiger partial charge in [-0.25, -0.2) is 0 Å². The van der Waals surface area contributed by atoms with Crippen LogP contribution in [0.15, 0.2) is 0 Å². The van der Waals surface area contributed by atoms with Gasteiger partial charge in [-0.15, -0.1) is 0 Å². The molecule has 0 radical (unpaired) electrons. The fourth-order valence-corrected chi connectivity index (χ4v) is 6.12. The second-order valence-corrected chi connectivity index (χ2v) is 12.4. The maximum Gasteiger partial charge on any atom is 0.0658 e. The van der Waals surface area contributed by atoms with Gasteiger partial charge in [0.25, 0.3) is 0 Å². The first-order chi connectivity index (χ1) is 15.3. The first kappa shape index (κ1) is 28.6. The van der Waals surface area contributed by atoms with E-state index in [1.807, 2.05) is 6.92 Å².